The van der Waals surface area contributed by atoms with Crippen molar-refractivity contribution >= 4 is 6.09 Å². The van der Waals surface area contributed by atoms with Gasteiger partial charge in [0.1, 0.15) is 5.60 Å². The molecule has 0 bridgehead atoms. The molecule has 2 fully saturated rings. The second kappa shape index (κ2) is 4.46. The van der Waals surface area contributed by atoms with E-state index in [0.29, 0.717) is 13.2 Å². The summed E-state index contributed by atoms with van der Waals surface area (Å²) in [6, 6.07) is 0. The van der Waals surface area contributed by atoms with Gasteiger partial charge in [-0.05, 0) is 46.7 Å². The van der Waals surface area contributed by atoms with E-state index in [-0.39, 0.29) is 11.5 Å². The maximum absolute atomic E-state index is 11.9. The molecule has 2 rings (SSSR count). The van der Waals surface area contributed by atoms with Crippen LogP contribution in [0.1, 0.15) is 33.6 Å². The maximum atomic E-state index is 11.9. The van der Waals surface area contributed by atoms with Crippen molar-refractivity contribution in [3.8, 4) is 0 Å². The largest absolute Gasteiger partial charge is 0.442 e. The van der Waals surface area contributed by atoms with Gasteiger partial charge in [-0.15, -0.1) is 0 Å². The van der Waals surface area contributed by atoms with Crippen molar-refractivity contribution in [1.29, 1.82) is 0 Å². The molecular formula is C12H22N2O3. The lowest BCUT2D eigenvalue weighted by Crippen LogP contribution is -2.41. The van der Waals surface area contributed by atoms with Gasteiger partial charge in [0, 0.05) is 5.41 Å². The Morgan fingerprint density at radius 3 is 2.59 bits per heavy atom. The molecule has 0 aromatic rings. The Balaban J connectivity index is 1.91. The average molecular weight is 242 g/mol. The number of nitrogens with one attached hydrogen (secondary N) is 1. The number of hydrogen-bond donors (Lipinski definition) is 1. The van der Waals surface area contributed by atoms with Gasteiger partial charge in [-0.25, -0.2) is 4.79 Å². The number of piperidine rings is 1. The minimum atomic E-state index is -0.468. The van der Waals surface area contributed by atoms with Crippen LogP contribution in [0, 0.1) is 5.41 Å². The number of amides is 1. The molecule has 5 nitrogen and oxygen atoms in total. The summed E-state index contributed by atoms with van der Waals surface area (Å²) in [6.07, 6.45) is 1.76. The van der Waals surface area contributed by atoms with E-state index in [1.165, 1.54) is 5.06 Å². The van der Waals surface area contributed by atoms with Crippen LogP contribution in [0.3, 0.4) is 0 Å². The Bertz CT molecular complexity index is 293. The summed E-state index contributed by atoms with van der Waals surface area (Å²) in [5.74, 6) is 0. The van der Waals surface area contributed by atoms with Gasteiger partial charge in [-0.3, -0.25) is 4.84 Å². The highest BCUT2D eigenvalue weighted by Crippen LogP contribution is 2.35. The second-order valence-corrected chi connectivity index (χ2v) is 6.04. The second-order valence-electron chi connectivity index (χ2n) is 6.04. The highest BCUT2D eigenvalue weighted by molar-refractivity contribution is 5.67. The molecule has 1 amide bonds. The first kappa shape index (κ1) is 12.6. The summed E-state index contributed by atoms with van der Waals surface area (Å²) in [4.78, 5) is 17.3. The first-order valence-electron chi connectivity index (χ1n) is 6.24. The summed E-state index contributed by atoms with van der Waals surface area (Å²) in [7, 11) is 0. The Hall–Kier alpha value is -0.810. The van der Waals surface area contributed by atoms with Gasteiger partial charge in [0.05, 0.1) is 13.2 Å². The number of hydroxylamine groups is 2. The third-order valence-corrected chi connectivity index (χ3v) is 3.27. The predicted molar refractivity (Wildman–Crippen MR) is 63.4 cm³/mol. The van der Waals surface area contributed by atoms with E-state index >= 15 is 0 Å². The highest BCUT2D eigenvalue weighted by Gasteiger charge is 2.43. The number of carbonyl (C=O) groups excluding carboxylic acids is 1. The van der Waals surface area contributed by atoms with Crippen molar-refractivity contribution in [1.82, 2.24) is 10.4 Å². The first-order valence-corrected chi connectivity index (χ1v) is 6.24. The standard InChI is InChI=1S/C12H22N2O3/c1-11(2,3)17-10(15)14-8-12(9-16-14)4-6-13-7-5-12/h13H,4-9H2,1-3H3. The topological polar surface area (TPSA) is 50.8 Å². The van der Waals surface area contributed by atoms with Gasteiger partial charge in [-0.1, -0.05) is 0 Å². The third kappa shape index (κ3) is 3.10. The molecule has 98 valence electrons. The summed E-state index contributed by atoms with van der Waals surface area (Å²) < 4.78 is 5.30. The molecule has 2 heterocycles. The van der Waals surface area contributed by atoms with Gasteiger partial charge < -0.3 is 10.1 Å². The minimum absolute atomic E-state index is 0.141. The average Bonchev–Trinajstić information content (AvgIpc) is 2.61. The molecule has 5 heteroatoms. The summed E-state index contributed by atoms with van der Waals surface area (Å²) in [5, 5.41) is 4.71. The summed E-state index contributed by atoms with van der Waals surface area (Å²) in [6.45, 7) is 8.89. The van der Waals surface area contributed by atoms with Crippen LogP contribution in [0.25, 0.3) is 0 Å². The van der Waals surface area contributed by atoms with Crippen molar-refractivity contribution in [3.05, 3.63) is 0 Å². The molecule has 2 saturated heterocycles. The summed E-state index contributed by atoms with van der Waals surface area (Å²) >= 11 is 0. The molecular weight excluding hydrogens is 220 g/mol. The summed E-state index contributed by atoms with van der Waals surface area (Å²) in [5.41, 5.74) is -0.327. The molecule has 0 aromatic carbocycles. The SMILES string of the molecule is CC(C)(C)OC(=O)N1CC2(CCNCC2)CO1. The fourth-order valence-corrected chi connectivity index (χ4v) is 2.30. The third-order valence-electron chi connectivity index (χ3n) is 3.27. The lowest BCUT2D eigenvalue weighted by Gasteiger charge is -2.31. The smallest absolute Gasteiger partial charge is 0.434 e. The monoisotopic (exact) mass is 242 g/mol. The molecule has 0 unspecified atom stereocenters. The van der Waals surface area contributed by atoms with E-state index in [9.17, 15) is 4.79 Å². The van der Waals surface area contributed by atoms with Crippen molar-refractivity contribution in [2.45, 2.75) is 39.2 Å². The highest BCUT2D eigenvalue weighted by atomic mass is 16.7. The number of rotatable bonds is 0. The Kier molecular flexibility index (Phi) is 3.32. The molecule has 1 spiro atoms. The van der Waals surface area contributed by atoms with Crippen LogP contribution >= 0.6 is 0 Å². The molecule has 1 N–H and O–H groups in total. The first-order chi connectivity index (χ1) is 7.90. The van der Waals surface area contributed by atoms with Gasteiger partial charge in [0.15, 0.2) is 0 Å². The number of carbonyl (C=O) groups is 1. The van der Waals surface area contributed by atoms with Crippen molar-refractivity contribution < 1.29 is 14.4 Å². The fourth-order valence-electron chi connectivity index (χ4n) is 2.30. The van der Waals surface area contributed by atoms with Crippen LogP contribution in [0.5, 0.6) is 0 Å². The van der Waals surface area contributed by atoms with Gasteiger partial charge >= 0.3 is 6.09 Å². The molecule has 0 aromatic heterocycles. The van der Waals surface area contributed by atoms with Crippen LogP contribution in [-0.4, -0.2) is 43.0 Å². The normalized spacial score (nSPS) is 24.1. The van der Waals surface area contributed by atoms with E-state index in [1.54, 1.807) is 0 Å². The van der Waals surface area contributed by atoms with E-state index in [1.807, 2.05) is 20.8 Å². The van der Waals surface area contributed by atoms with Crippen LogP contribution in [0.4, 0.5) is 4.79 Å². The molecule has 0 saturated carbocycles. The Labute approximate surface area is 102 Å². The molecule has 0 aliphatic carbocycles. The zero-order valence-corrected chi connectivity index (χ0v) is 10.9. The van der Waals surface area contributed by atoms with Crippen LogP contribution in [-0.2, 0) is 9.57 Å². The van der Waals surface area contributed by atoms with Gasteiger partial charge in [0.25, 0.3) is 0 Å². The van der Waals surface area contributed by atoms with Crippen LogP contribution in [0.2, 0.25) is 0 Å². The minimum Gasteiger partial charge on any atom is -0.442 e. The van der Waals surface area contributed by atoms with Crippen molar-refractivity contribution in [2.24, 2.45) is 5.41 Å². The molecule has 0 atom stereocenters. The van der Waals surface area contributed by atoms with Crippen LogP contribution in [0.15, 0.2) is 0 Å². The Morgan fingerprint density at radius 2 is 2.00 bits per heavy atom. The maximum Gasteiger partial charge on any atom is 0.434 e. The zero-order chi connectivity index (χ0) is 12.5. The van der Waals surface area contributed by atoms with E-state index in [0.717, 1.165) is 25.9 Å². The van der Waals surface area contributed by atoms with Crippen molar-refractivity contribution in [3.63, 3.8) is 0 Å². The predicted octanol–water partition coefficient (Wildman–Crippen LogP) is 1.54. The zero-order valence-electron chi connectivity index (χ0n) is 10.9. The number of nitrogens with zero attached hydrogens (tertiary/aromatic N) is 1. The quantitative estimate of drug-likeness (QED) is 0.700. The van der Waals surface area contributed by atoms with E-state index in [2.05, 4.69) is 5.32 Å². The van der Waals surface area contributed by atoms with Crippen LogP contribution < -0.4 is 5.32 Å². The van der Waals surface area contributed by atoms with E-state index < -0.39 is 5.60 Å². The molecule has 0 radical (unpaired) electrons. The molecule has 2 aliphatic heterocycles. The van der Waals surface area contributed by atoms with E-state index in [4.69, 9.17) is 9.57 Å². The van der Waals surface area contributed by atoms with Crippen molar-refractivity contribution in [2.75, 3.05) is 26.2 Å². The van der Waals surface area contributed by atoms with Gasteiger partial charge in [-0.2, -0.15) is 5.06 Å². The Morgan fingerprint density at radius 1 is 1.35 bits per heavy atom. The lowest BCUT2D eigenvalue weighted by molar-refractivity contribution is -0.108. The molecule has 17 heavy (non-hydrogen) atoms. The number of hydrogen-bond acceptors (Lipinski definition) is 4. The lowest BCUT2D eigenvalue weighted by atomic mass is 9.80. The number of ether oxygens (including phenoxy) is 1. The molecule has 2 aliphatic rings. The van der Waals surface area contributed by atoms with Gasteiger partial charge in [0.2, 0.25) is 0 Å². The fraction of sp³-hybridized carbons (Fsp3) is 0.917.